The van der Waals surface area contributed by atoms with E-state index in [0.717, 1.165) is 23.1 Å². The van der Waals surface area contributed by atoms with Gasteiger partial charge in [-0.15, -0.1) is 0 Å². The van der Waals surface area contributed by atoms with E-state index in [4.69, 9.17) is 14.2 Å². The van der Waals surface area contributed by atoms with Crippen LogP contribution in [0.2, 0.25) is 0 Å². The Bertz CT molecular complexity index is 908. The molecular formula is C20H21NO5. The van der Waals surface area contributed by atoms with Crippen LogP contribution in [0.4, 0.5) is 0 Å². The van der Waals surface area contributed by atoms with Crippen LogP contribution in [0.1, 0.15) is 27.0 Å². The molecule has 1 unspecified atom stereocenters. The van der Waals surface area contributed by atoms with Gasteiger partial charge in [-0.2, -0.15) is 0 Å². The number of ether oxygens (including phenoxy) is 3. The normalized spacial score (nSPS) is 20.7. The number of fused-ring (bicyclic) bond motifs is 3. The van der Waals surface area contributed by atoms with Crippen LogP contribution in [0.15, 0.2) is 24.3 Å². The molecule has 1 atom stereocenters. The average Bonchev–Trinajstić information content (AvgIpc) is 2.93. The van der Waals surface area contributed by atoms with Crippen molar-refractivity contribution < 1.29 is 24.1 Å². The van der Waals surface area contributed by atoms with E-state index < -0.39 is 5.54 Å². The summed E-state index contributed by atoms with van der Waals surface area (Å²) in [6.07, 6.45) is 1.20. The number of rotatable bonds is 3. The minimum Gasteiger partial charge on any atom is -0.504 e. The van der Waals surface area contributed by atoms with Crippen molar-refractivity contribution in [2.24, 2.45) is 0 Å². The molecule has 6 heteroatoms. The molecule has 0 amide bonds. The minimum atomic E-state index is -0.878. The van der Waals surface area contributed by atoms with Gasteiger partial charge in [0, 0.05) is 24.1 Å². The Labute approximate surface area is 151 Å². The summed E-state index contributed by atoms with van der Waals surface area (Å²) in [6.45, 7) is 0.651. The van der Waals surface area contributed by atoms with Gasteiger partial charge in [0.2, 0.25) is 0 Å². The van der Waals surface area contributed by atoms with Crippen molar-refractivity contribution in [1.82, 2.24) is 5.32 Å². The molecule has 0 saturated heterocycles. The number of phenolic OH excluding ortho intramolecular Hbond substituents is 1. The van der Waals surface area contributed by atoms with Crippen LogP contribution >= 0.6 is 0 Å². The summed E-state index contributed by atoms with van der Waals surface area (Å²) in [5.41, 5.74) is 2.39. The highest BCUT2D eigenvalue weighted by molar-refractivity contribution is 6.09. The van der Waals surface area contributed by atoms with Gasteiger partial charge in [-0.3, -0.25) is 4.79 Å². The Kier molecular flexibility index (Phi) is 3.80. The fourth-order valence-electron chi connectivity index (χ4n) is 4.20. The Morgan fingerprint density at radius 3 is 2.54 bits per heavy atom. The standard InChI is InChI=1S/C20H21NO5/c1-24-16-5-4-12-13(18(16)26-3)10-20(19(12)23)14-9-17(25-2)15(22)8-11(14)6-7-21-20/h4-5,8-9,21-22H,6-7,10H2,1-3H3. The molecule has 1 heterocycles. The predicted molar refractivity (Wildman–Crippen MR) is 95.6 cm³/mol. The van der Waals surface area contributed by atoms with Crippen LogP contribution in [-0.2, 0) is 18.4 Å². The first-order chi connectivity index (χ1) is 12.6. The fourth-order valence-corrected chi connectivity index (χ4v) is 4.20. The number of carbonyl (C=O) groups is 1. The van der Waals surface area contributed by atoms with Crippen molar-refractivity contribution in [3.8, 4) is 23.0 Å². The zero-order chi connectivity index (χ0) is 18.5. The molecule has 0 bridgehead atoms. The van der Waals surface area contributed by atoms with E-state index >= 15 is 0 Å². The Morgan fingerprint density at radius 1 is 1.08 bits per heavy atom. The molecule has 2 N–H and O–H groups in total. The molecule has 1 aliphatic heterocycles. The predicted octanol–water partition coefficient (Wildman–Crippen LogP) is 2.20. The van der Waals surface area contributed by atoms with Gasteiger partial charge in [-0.25, -0.2) is 0 Å². The molecule has 0 radical (unpaired) electrons. The van der Waals surface area contributed by atoms with Gasteiger partial charge in [0.15, 0.2) is 28.8 Å². The molecule has 2 aliphatic rings. The Morgan fingerprint density at radius 2 is 1.85 bits per heavy atom. The molecule has 4 rings (SSSR count). The summed E-state index contributed by atoms with van der Waals surface area (Å²) in [6, 6.07) is 7.02. The topological polar surface area (TPSA) is 77.0 Å². The van der Waals surface area contributed by atoms with Crippen molar-refractivity contribution in [2.75, 3.05) is 27.9 Å². The molecule has 0 aromatic heterocycles. The third kappa shape index (κ3) is 2.12. The highest BCUT2D eigenvalue weighted by atomic mass is 16.5. The molecule has 2 aromatic carbocycles. The molecule has 6 nitrogen and oxygen atoms in total. The van der Waals surface area contributed by atoms with Crippen LogP contribution in [0, 0.1) is 0 Å². The van der Waals surface area contributed by atoms with E-state index in [0.29, 0.717) is 35.8 Å². The third-order valence-electron chi connectivity index (χ3n) is 5.41. The van der Waals surface area contributed by atoms with Crippen molar-refractivity contribution >= 4 is 5.78 Å². The Balaban J connectivity index is 1.91. The second-order valence-corrected chi connectivity index (χ2v) is 6.60. The summed E-state index contributed by atoms with van der Waals surface area (Å²) in [5, 5.41) is 13.5. The summed E-state index contributed by atoms with van der Waals surface area (Å²) >= 11 is 0. The third-order valence-corrected chi connectivity index (χ3v) is 5.41. The number of carbonyl (C=O) groups excluding carboxylic acids is 1. The maximum atomic E-state index is 13.4. The van der Waals surface area contributed by atoms with Gasteiger partial charge in [0.1, 0.15) is 5.54 Å². The summed E-state index contributed by atoms with van der Waals surface area (Å²) < 4.78 is 16.2. The van der Waals surface area contributed by atoms with Crippen molar-refractivity contribution in [1.29, 1.82) is 0 Å². The highest BCUT2D eigenvalue weighted by Gasteiger charge is 2.50. The van der Waals surface area contributed by atoms with Crippen LogP contribution in [0.5, 0.6) is 23.0 Å². The summed E-state index contributed by atoms with van der Waals surface area (Å²) in [5.74, 6) is 1.65. The first-order valence-electron chi connectivity index (χ1n) is 8.49. The molecule has 26 heavy (non-hydrogen) atoms. The van der Waals surface area contributed by atoms with E-state index in [-0.39, 0.29) is 11.5 Å². The second kappa shape index (κ2) is 5.92. The Hall–Kier alpha value is -2.73. The summed E-state index contributed by atoms with van der Waals surface area (Å²) in [7, 11) is 4.67. The molecule has 136 valence electrons. The number of aromatic hydroxyl groups is 1. The van der Waals surface area contributed by atoms with Crippen LogP contribution < -0.4 is 19.5 Å². The molecule has 0 saturated carbocycles. The number of methoxy groups -OCH3 is 3. The number of phenols is 1. The largest absolute Gasteiger partial charge is 0.504 e. The second-order valence-electron chi connectivity index (χ2n) is 6.60. The van der Waals surface area contributed by atoms with Crippen LogP contribution in [0.25, 0.3) is 0 Å². The number of ketones is 1. The van der Waals surface area contributed by atoms with E-state index in [1.165, 1.54) is 7.11 Å². The first kappa shape index (κ1) is 16.7. The molecule has 1 spiro atoms. The number of hydrogen-bond donors (Lipinski definition) is 2. The van der Waals surface area contributed by atoms with Crippen molar-refractivity contribution in [3.05, 3.63) is 46.5 Å². The van der Waals surface area contributed by atoms with E-state index in [9.17, 15) is 9.90 Å². The highest BCUT2D eigenvalue weighted by Crippen LogP contribution is 2.48. The summed E-state index contributed by atoms with van der Waals surface area (Å²) in [4.78, 5) is 13.4. The first-order valence-corrected chi connectivity index (χ1v) is 8.49. The van der Waals surface area contributed by atoms with Crippen LogP contribution in [0.3, 0.4) is 0 Å². The number of benzene rings is 2. The quantitative estimate of drug-likeness (QED) is 0.879. The SMILES string of the molecule is COc1cc2c(cc1O)CCNC21Cc2c(ccc(OC)c2OC)C1=O. The van der Waals surface area contributed by atoms with Gasteiger partial charge in [-0.1, -0.05) is 0 Å². The monoisotopic (exact) mass is 355 g/mol. The average molecular weight is 355 g/mol. The lowest BCUT2D eigenvalue weighted by atomic mass is 9.79. The molecular weight excluding hydrogens is 334 g/mol. The van der Waals surface area contributed by atoms with E-state index in [1.54, 1.807) is 38.5 Å². The minimum absolute atomic E-state index is 0.00199. The van der Waals surface area contributed by atoms with Gasteiger partial charge < -0.3 is 24.6 Å². The van der Waals surface area contributed by atoms with Gasteiger partial charge in [0.05, 0.1) is 21.3 Å². The lowest BCUT2D eigenvalue weighted by molar-refractivity contribution is 0.0862. The number of Topliss-reactive ketones (excluding diaryl/α,β-unsaturated/α-hetero) is 1. The zero-order valence-electron chi connectivity index (χ0n) is 15.0. The maximum absolute atomic E-state index is 13.4. The molecule has 2 aromatic rings. The smallest absolute Gasteiger partial charge is 0.188 e. The van der Waals surface area contributed by atoms with E-state index in [2.05, 4.69) is 5.32 Å². The lowest BCUT2D eigenvalue weighted by Crippen LogP contribution is -2.51. The van der Waals surface area contributed by atoms with Gasteiger partial charge in [-0.05, 0) is 41.8 Å². The zero-order valence-corrected chi connectivity index (χ0v) is 15.0. The van der Waals surface area contributed by atoms with Gasteiger partial charge in [0.25, 0.3) is 0 Å². The lowest BCUT2D eigenvalue weighted by Gasteiger charge is -2.36. The van der Waals surface area contributed by atoms with Crippen molar-refractivity contribution in [3.63, 3.8) is 0 Å². The van der Waals surface area contributed by atoms with Crippen molar-refractivity contribution in [2.45, 2.75) is 18.4 Å². The fraction of sp³-hybridized carbons (Fsp3) is 0.350. The molecule has 0 fully saturated rings. The van der Waals surface area contributed by atoms with E-state index in [1.807, 2.05) is 0 Å². The van der Waals surface area contributed by atoms with Gasteiger partial charge >= 0.3 is 0 Å². The number of nitrogens with one attached hydrogen (secondary N) is 1. The number of hydrogen-bond acceptors (Lipinski definition) is 6. The maximum Gasteiger partial charge on any atom is 0.188 e. The molecule has 1 aliphatic carbocycles. The van der Waals surface area contributed by atoms with Crippen LogP contribution in [-0.4, -0.2) is 38.8 Å².